The van der Waals surface area contributed by atoms with E-state index in [0.717, 1.165) is 29.5 Å². The van der Waals surface area contributed by atoms with E-state index in [1.54, 1.807) is 6.20 Å². The Balaban J connectivity index is 2.39. The number of aromatic nitrogens is 2. The van der Waals surface area contributed by atoms with Crippen LogP contribution < -0.4 is 5.73 Å². The zero-order valence-corrected chi connectivity index (χ0v) is 10.7. The van der Waals surface area contributed by atoms with Crippen molar-refractivity contribution in [2.24, 2.45) is 0 Å². The zero-order chi connectivity index (χ0) is 13.1. The Morgan fingerprint density at radius 1 is 1.33 bits per heavy atom. The fourth-order valence-corrected chi connectivity index (χ4v) is 2.28. The molecule has 1 aromatic carbocycles. The van der Waals surface area contributed by atoms with E-state index in [1.165, 1.54) is 6.07 Å². The van der Waals surface area contributed by atoms with Crippen molar-refractivity contribution in [2.75, 3.05) is 5.73 Å². The van der Waals surface area contributed by atoms with E-state index >= 15 is 0 Å². The molecule has 0 saturated carbocycles. The minimum Gasteiger partial charge on any atom is -0.384 e. The van der Waals surface area contributed by atoms with Crippen LogP contribution in [0.1, 0.15) is 38.2 Å². The van der Waals surface area contributed by atoms with Crippen molar-refractivity contribution in [2.45, 2.75) is 32.6 Å². The Morgan fingerprint density at radius 3 is 2.56 bits per heavy atom. The summed E-state index contributed by atoms with van der Waals surface area (Å²) in [6.45, 7) is 4.16. The van der Waals surface area contributed by atoms with E-state index in [9.17, 15) is 4.39 Å². The van der Waals surface area contributed by atoms with Crippen LogP contribution in [0.3, 0.4) is 0 Å². The van der Waals surface area contributed by atoms with Crippen LogP contribution in [0.5, 0.6) is 0 Å². The number of hydrogen-bond acceptors (Lipinski definition) is 2. The molecule has 0 atom stereocenters. The van der Waals surface area contributed by atoms with Gasteiger partial charge >= 0.3 is 0 Å². The standard InChI is InChI=1S/C14H18FN3/c1-3-9(4-2)11-6-5-10(7-13(11)15)12-8-17-18-14(12)16/h5-9H,3-4H2,1-2H3,(H3,16,17,18). The Labute approximate surface area is 106 Å². The molecule has 4 heteroatoms. The van der Waals surface area contributed by atoms with Gasteiger partial charge in [0.05, 0.1) is 6.20 Å². The highest BCUT2D eigenvalue weighted by Gasteiger charge is 2.14. The van der Waals surface area contributed by atoms with Gasteiger partial charge in [-0.3, -0.25) is 5.10 Å². The van der Waals surface area contributed by atoms with E-state index in [2.05, 4.69) is 24.0 Å². The van der Waals surface area contributed by atoms with Crippen molar-refractivity contribution < 1.29 is 4.39 Å². The third kappa shape index (κ3) is 2.23. The minimum absolute atomic E-state index is 0.165. The number of hydrogen-bond donors (Lipinski definition) is 2. The molecule has 0 amide bonds. The first kappa shape index (κ1) is 12.6. The van der Waals surface area contributed by atoms with Gasteiger partial charge in [-0.05, 0) is 36.0 Å². The lowest BCUT2D eigenvalue weighted by molar-refractivity contribution is 0.558. The lowest BCUT2D eigenvalue weighted by atomic mass is 9.92. The van der Waals surface area contributed by atoms with Gasteiger partial charge in [0.15, 0.2) is 0 Å². The van der Waals surface area contributed by atoms with Gasteiger partial charge in [-0.1, -0.05) is 26.0 Å². The predicted molar refractivity (Wildman–Crippen MR) is 71.7 cm³/mol. The second-order valence-electron chi connectivity index (χ2n) is 4.45. The Morgan fingerprint density at radius 2 is 2.06 bits per heavy atom. The number of rotatable bonds is 4. The van der Waals surface area contributed by atoms with Crippen molar-refractivity contribution in [1.29, 1.82) is 0 Å². The number of nitrogens with one attached hydrogen (secondary N) is 1. The molecule has 0 unspecified atom stereocenters. The molecule has 0 aliphatic heterocycles. The fourth-order valence-electron chi connectivity index (χ4n) is 2.28. The molecule has 0 bridgehead atoms. The SMILES string of the molecule is CCC(CC)c1ccc(-c2cn[nH]c2N)cc1F. The summed E-state index contributed by atoms with van der Waals surface area (Å²) >= 11 is 0. The highest BCUT2D eigenvalue weighted by molar-refractivity contribution is 5.73. The average molecular weight is 247 g/mol. The summed E-state index contributed by atoms with van der Waals surface area (Å²) in [5, 5.41) is 6.50. The molecule has 3 nitrogen and oxygen atoms in total. The highest BCUT2D eigenvalue weighted by atomic mass is 19.1. The normalized spacial score (nSPS) is 11.1. The second-order valence-corrected chi connectivity index (χ2v) is 4.45. The van der Waals surface area contributed by atoms with Crippen molar-refractivity contribution in [3.63, 3.8) is 0 Å². The van der Waals surface area contributed by atoms with Gasteiger partial charge < -0.3 is 5.73 Å². The van der Waals surface area contributed by atoms with Crippen molar-refractivity contribution in [3.8, 4) is 11.1 Å². The quantitative estimate of drug-likeness (QED) is 0.865. The molecule has 2 rings (SSSR count). The summed E-state index contributed by atoms with van der Waals surface area (Å²) < 4.78 is 14.1. The van der Waals surface area contributed by atoms with Crippen LogP contribution in [0.2, 0.25) is 0 Å². The van der Waals surface area contributed by atoms with Gasteiger partial charge in [0.2, 0.25) is 0 Å². The topological polar surface area (TPSA) is 54.7 Å². The summed E-state index contributed by atoms with van der Waals surface area (Å²) in [4.78, 5) is 0. The number of H-pyrrole nitrogens is 1. The molecule has 0 spiro atoms. The summed E-state index contributed by atoms with van der Waals surface area (Å²) in [5.41, 5.74) is 8.01. The molecule has 96 valence electrons. The first-order valence-electron chi connectivity index (χ1n) is 6.26. The van der Waals surface area contributed by atoms with Gasteiger partial charge in [0, 0.05) is 5.56 Å². The van der Waals surface area contributed by atoms with E-state index in [1.807, 2.05) is 12.1 Å². The van der Waals surface area contributed by atoms with Crippen LogP contribution in [0.4, 0.5) is 10.2 Å². The molecular formula is C14H18FN3. The predicted octanol–water partition coefficient (Wildman–Crippen LogP) is 3.70. The number of nitrogens with zero attached hydrogens (tertiary/aromatic N) is 1. The molecule has 3 N–H and O–H groups in total. The molecule has 0 fully saturated rings. The summed E-state index contributed by atoms with van der Waals surface area (Å²) in [7, 11) is 0. The highest BCUT2D eigenvalue weighted by Crippen LogP contribution is 2.30. The first-order valence-corrected chi connectivity index (χ1v) is 6.26. The Kier molecular flexibility index (Phi) is 3.65. The van der Waals surface area contributed by atoms with Crippen molar-refractivity contribution in [3.05, 3.63) is 35.8 Å². The van der Waals surface area contributed by atoms with Gasteiger partial charge in [-0.2, -0.15) is 5.10 Å². The largest absolute Gasteiger partial charge is 0.384 e. The average Bonchev–Trinajstić information content (AvgIpc) is 2.79. The van der Waals surface area contributed by atoms with Crippen LogP contribution >= 0.6 is 0 Å². The molecule has 18 heavy (non-hydrogen) atoms. The van der Waals surface area contributed by atoms with E-state index in [4.69, 9.17) is 5.73 Å². The number of aromatic amines is 1. The van der Waals surface area contributed by atoms with E-state index < -0.39 is 0 Å². The molecule has 0 saturated heterocycles. The molecule has 1 heterocycles. The molecule has 2 aromatic rings. The number of nitrogens with two attached hydrogens (primary N) is 1. The zero-order valence-electron chi connectivity index (χ0n) is 10.7. The van der Waals surface area contributed by atoms with Crippen LogP contribution in [-0.2, 0) is 0 Å². The lowest BCUT2D eigenvalue weighted by Crippen LogP contribution is -1.99. The number of anilines is 1. The first-order chi connectivity index (χ1) is 8.67. The summed E-state index contributed by atoms with van der Waals surface area (Å²) in [6, 6.07) is 5.29. The summed E-state index contributed by atoms with van der Waals surface area (Å²) in [6.07, 6.45) is 3.50. The van der Waals surface area contributed by atoms with Gasteiger partial charge in [-0.25, -0.2) is 4.39 Å². The molecule has 0 radical (unpaired) electrons. The van der Waals surface area contributed by atoms with E-state index in [-0.39, 0.29) is 11.7 Å². The fraction of sp³-hybridized carbons (Fsp3) is 0.357. The maximum Gasteiger partial charge on any atom is 0.127 e. The minimum atomic E-state index is -0.165. The van der Waals surface area contributed by atoms with Crippen molar-refractivity contribution >= 4 is 5.82 Å². The lowest BCUT2D eigenvalue weighted by Gasteiger charge is -2.14. The van der Waals surface area contributed by atoms with Crippen LogP contribution in [0.15, 0.2) is 24.4 Å². The van der Waals surface area contributed by atoms with Crippen molar-refractivity contribution in [1.82, 2.24) is 10.2 Å². The number of halogens is 1. The van der Waals surface area contributed by atoms with Gasteiger partial charge in [-0.15, -0.1) is 0 Å². The molecule has 0 aliphatic rings. The monoisotopic (exact) mass is 247 g/mol. The van der Waals surface area contributed by atoms with Gasteiger partial charge in [0.1, 0.15) is 11.6 Å². The van der Waals surface area contributed by atoms with Crippen LogP contribution in [0.25, 0.3) is 11.1 Å². The van der Waals surface area contributed by atoms with E-state index in [0.29, 0.717) is 5.82 Å². The maximum absolute atomic E-state index is 14.1. The van der Waals surface area contributed by atoms with Gasteiger partial charge in [0.25, 0.3) is 0 Å². The van der Waals surface area contributed by atoms with Crippen LogP contribution in [-0.4, -0.2) is 10.2 Å². The third-order valence-electron chi connectivity index (χ3n) is 3.41. The Hall–Kier alpha value is -1.84. The number of benzene rings is 1. The summed E-state index contributed by atoms with van der Waals surface area (Å²) in [5.74, 6) is 0.576. The smallest absolute Gasteiger partial charge is 0.127 e. The third-order valence-corrected chi connectivity index (χ3v) is 3.41. The number of nitrogen functional groups attached to an aromatic ring is 1. The molecular weight excluding hydrogens is 229 g/mol. The Bertz CT molecular complexity index is 530. The van der Waals surface area contributed by atoms with Crippen LogP contribution in [0, 0.1) is 5.82 Å². The molecule has 1 aromatic heterocycles. The molecule has 0 aliphatic carbocycles. The second kappa shape index (κ2) is 5.21. The maximum atomic E-state index is 14.1.